The Balaban J connectivity index is 2.00. The fourth-order valence-electron chi connectivity index (χ4n) is 2.20. The Labute approximate surface area is 114 Å². The number of benzene rings is 1. The van der Waals surface area contributed by atoms with Crippen LogP contribution in [0.2, 0.25) is 0 Å². The number of aliphatic hydroxyl groups is 1. The van der Waals surface area contributed by atoms with Crippen LogP contribution in [0.15, 0.2) is 18.2 Å². The lowest BCUT2D eigenvalue weighted by atomic mass is 9.91. The third-order valence-electron chi connectivity index (χ3n) is 3.22. The summed E-state index contributed by atoms with van der Waals surface area (Å²) in [6.45, 7) is 1.58. The van der Waals surface area contributed by atoms with Gasteiger partial charge in [0.15, 0.2) is 0 Å². The molecule has 1 fully saturated rings. The summed E-state index contributed by atoms with van der Waals surface area (Å²) in [6.07, 6.45) is 2.26. The van der Waals surface area contributed by atoms with Crippen LogP contribution in [0, 0.1) is 15.3 Å². The van der Waals surface area contributed by atoms with Crippen LogP contribution >= 0.6 is 22.6 Å². The van der Waals surface area contributed by atoms with E-state index in [1.807, 2.05) is 0 Å². The zero-order valence-electron chi connectivity index (χ0n) is 9.53. The first-order valence-corrected chi connectivity index (χ1v) is 6.95. The highest BCUT2D eigenvalue weighted by Crippen LogP contribution is 2.30. The maximum Gasteiger partial charge on any atom is 0.124 e. The second-order valence-corrected chi connectivity index (χ2v) is 5.64. The zero-order valence-corrected chi connectivity index (χ0v) is 11.7. The normalized spacial score (nSPS) is 19.2. The summed E-state index contributed by atoms with van der Waals surface area (Å²) in [5.74, 6) is 0.260. The summed E-state index contributed by atoms with van der Waals surface area (Å²) < 4.78 is 19.1. The number of aliphatic hydroxyl groups excluding tert-OH is 1. The molecule has 1 aromatic carbocycles. The van der Waals surface area contributed by atoms with E-state index in [1.54, 1.807) is 6.07 Å². The van der Waals surface area contributed by atoms with Crippen LogP contribution in [0.1, 0.15) is 30.9 Å². The molecule has 0 aromatic heterocycles. The van der Waals surface area contributed by atoms with E-state index >= 15 is 0 Å². The van der Waals surface area contributed by atoms with Crippen molar-refractivity contribution in [2.75, 3.05) is 13.2 Å². The molecule has 17 heavy (non-hydrogen) atoms. The standard InChI is InChI=1S/C13H16FIO2/c14-10-1-2-11(12(15)8-10)13(16)7-9-3-5-17-6-4-9/h1-2,8-9,13,16H,3-7H2. The molecule has 1 aliphatic heterocycles. The van der Waals surface area contributed by atoms with Crippen molar-refractivity contribution in [2.24, 2.45) is 5.92 Å². The van der Waals surface area contributed by atoms with Crippen LogP contribution in [0.4, 0.5) is 4.39 Å². The minimum Gasteiger partial charge on any atom is -0.388 e. The van der Waals surface area contributed by atoms with E-state index in [-0.39, 0.29) is 5.82 Å². The van der Waals surface area contributed by atoms with E-state index in [0.29, 0.717) is 5.92 Å². The van der Waals surface area contributed by atoms with Gasteiger partial charge in [-0.25, -0.2) is 4.39 Å². The minimum absolute atomic E-state index is 0.253. The highest BCUT2D eigenvalue weighted by molar-refractivity contribution is 14.1. The summed E-state index contributed by atoms with van der Waals surface area (Å²) in [4.78, 5) is 0. The van der Waals surface area contributed by atoms with Gasteiger partial charge in [-0.1, -0.05) is 6.07 Å². The van der Waals surface area contributed by atoms with Gasteiger partial charge in [0.1, 0.15) is 5.82 Å². The number of hydrogen-bond donors (Lipinski definition) is 1. The molecule has 2 nitrogen and oxygen atoms in total. The van der Waals surface area contributed by atoms with Crippen molar-refractivity contribution >= 4 is 22.6 Å². The Hall–Kier alpha value is -0.200. The second-order valence-electron chi connectivity index (χ2n) is 4.47. The second kappa shape index (κ2) is 6.11. The molecule has 94 valence electrons. The summed E-state index contributed by atoms with van der Waals surface area (Å²) in [6, 6.07) is 4.55. The third-order valence-corrected chi connectivity index (χ3v) is 4.15. The molecule has 0 saturated carbocycles. The van der Waals surface area contributed by atoms with Crippen molar-refractivity contribution in [1.82, 2.24) is 0 Å². The largest absolute Gasteiger partial charge is 0.388 e. The highest BCUT2D eigenvalue weighted by atomic mass is 127. The van der Waals surface area contributed by atoms with Gasteiger partial charge < -0.3 is 9.84 Å². The van der Waals surface area contributed by atoms with E-state index in [4.69, 9.17) is 4.74 Å². The van der Waals surface area contributed by atoms with E-state index in [0.717, 1.165) is 41.6 Å². The summed E-state index contributed by atoms with van der Waals surface area (Å²) >= 11 is 2.07. The minimum atomic E-state index is -0.495. The van der Waals surface area contributed by atoms with Gasteiger partial charge in [0.25, 0.3) is 0 Å². The summed E-state index contributed by atoms with van der Waals surface area (Å²) in [7, 11) is 0. The molecule has 0 bridgehead atoms. The van der Waals surface area contributed by atoms with E-state index < -0.39 is 6.10 Å². The van der Waals surface area contributed by atoms with Gasteiger partial charge in [-0.3, -0.25) is 0 Å². The van der Waals surface area contributed by atoms with Crippen LogP contribution in [0.25, 0.3) is 0 Å². The van der Waals surface area contributed by atoms with Crippen molar-refractivity contribution in [1.29, 1.82) is 0 Å². The van der Waals surface area contributed by atoms with E-state index in [2.05, 4.69) is 22.6 Å². The smallest absolute Gasteiger partial charge is 0.124 e. The number of halogens is 2. The van der Waals surface area contributed by atoms with Crippen molar-refractivity contribution in [3.8, 4) is 0 Å². The van der Waals surface area contributed by atoms with Crippen LogP contribution in [-0.2, 0) is 4.74 Å². The zero-order chi connectivity index (χ0) is 12.3. The van der Waals surface area contributed by atoms with Gasteiger partial charge in [0, 0.05) is 16.8 Å². The molecule has 1 heterocycles. The molecule has 1 aliphatic rings. The Kier molecular flexibility index (Phi) is 4.76. The molecule has 0 radical (unpaired) electrons. The van der Waals surface area contributed by atoms with Crippen LogP contribution in [0.3, 0.4) is 0 Å². The molecule has 1 N–H and O–H groups in total. The molecule has 1 saturated heterocycles. The predicted molar refractivity (Wildman–Crippen MR) is 72.2 cm³/mol. The molecule has 1 atom stereocenters. The lowest BCUT2D eigenvalue weighted by Gasteiger charge is -2.24. The maximum absolute atomic E-state index is 13.0. The molecule has 0 amide bonds. The van der Waals surface area contributed by atoms with Gasteiger partial charge in [0.2, 0.25) is 0 Å². The van der Waals surface area contributed by atoms with Crippen LogP contribution in [0.5, 0.6) is 0 Å². The highest BCUT2D eigenvalue weighted by Gasteiger charge is 2.20. The fraction of sp³-hybridized carbons (Fsp3) is 0.538. The molecular weight excluding hydrogens is 334 g/mol. The Bertz CT molecular complexity index is 378. The van der Waals surface area contributed by atoms with E-state index in [1.165, 1.54) is 12.1 Å². The molecule has 1 unspecified atom stereocenters. The number of ether oxygens (including phenoxy) is 1. The van der Waals surface area contributed by atoms with Crippen molar-refractivity contribution < 1.29 is 14.2 Å². The first-order valence-electron chi connectivity index (χ1n) is 5.87. The number of rotatable bonds is 3. The summed E-state index contributed by atoms with van der Waals surface area (Å²) in [5.41, 5.74) is 0.832. The Morgan fingerprint density at radius 1 is 1.41 bits per heavy atom. The van der Waals surface area contributed by atoms with Gasteiger partial charge in [-0.15, -0.1) is 0 Å². The molecule has 4 heteroatoms. The molecule has 2 rings (SSSR count). The van der Waals surface area contributed by atoms with Gasteiger partial charge in [-0.2, -0.15) is 0 Å². The fourth-order valence-corrected chi connectivity index (χ4v) is 3.03. The first kappa shape index (κ1) is 13.2. The number of hydrogen-bond acceptors (Lipinski definition) is 2. The Morgan fingerprint density at radius 3 is 2.76 bits per heavy atom. The average molecular weight is 350 g/mol. The van der Waals surface area contributed by atoms with Gasteiger partial charge >= 0.3 is 0 Å². The third kappa shape index (κ3) is 3.63. The van der Waals surface area contributed by atoms with Gasteiger partial charge in [-0.05, 0) is 65.5 Å². The predicted octanol–water partition coefficient (Wildman–Crippen LogP) is 3.28. The quantitative estimate of drug-likeness (QED) is 0.848. The lowest BCUT2D eigenvalue weighted by Crippen LogP contribution is -2.18. The van der Waals surface area contributed by atoms with Crippen molar-refractivity contribution in [3.05, 3.63) is 33.1 Å². The van der Waals surface area contributed by atoms with Crippen molar-refractivity contribution in [2.45, 2.75) is 25.4 Å². The topological polar surface area (TPSA) is 29.5 Å². The lowest BCUT2D eigenvalue weighted by molar-refractivity contribution is 0.0433. The van der Waals surface area contributed by atoms with E-state index in [9.17, 15) is 9.50 Å². The molecular formula is C13H16FIO2. The monoisotopic (exact) mass is 350 g/mol. The Morgan fingerprint density at radius 2 is 2.12 bits per heavy atom. The first-order chi connectivity index (χ1) is 8.16. The van der Waals surface area contributed by atoms with Gasteiger partial charge in [0.05, 0.1) is 6.10 Å². The van der Waals surface area contributed by atoms with Crippen molar-refractivity contribution in [3.63, 3.8) is 0 Å². The maximum atomic E-state index is 13.0. The molecule has 0 spiro atoms. The summed E-state index contributed by atoms with van der Waals surface area (Å²) in [5, 5.41) is 10.2. The van der Waals surface area contributed by atoms with Crippen LogP contribution < -0.4 is 0 Å². The van der Waals surface area contributed by atoms with Crippen LogP contribution in [-0.4, -0.2) is 18.3 Å². The molecule has 1 aromatic rings. The molecule has 0 aliphatic carbocycles. The SMILES string of the molecule is OC(CC1CCOCC1)c1ccc(F)cc1I. The average Bonchev–Trinajstić information content (AvgIpc) is 2.30.